The molecule has 45 heavy (non-hydrogen) atoms. The lowest BCUT2D eigenvalue weighted by atomic mass is 10.0. The van der Waals surface area contributed by atoms with Crippen molar-refractivity contribution < 1.29 is 19.4 Å². The zero-order valence-electron chi connectivity index (χ0n) is 30.4. The lowest BCUT2D eigenvalue weighted by Crippen LogP contribution is -2.27. The van der Waals surface area contributed by atoms with Crippen LogP contribution in [0.4, 0.5) is 0 Å². The Balaban J connectivity index is 3.42. The third-order valence-electron chi connectivity index (χ3n) is 8.78. The number of carbonyl (C=O) groups is 1. The largest absolute Gasteiger partial charge is 0.457 e. The smallest absolute Gasteiger partial charge is 0.306 e. The van der Waals surface area contributed by atoms with E-state index in [1.807, 2.05) is 0 Å². The molecule has 1 atom stereocenters. The molecule has 0 aromatic carbocycles. The second-order valence-electron chi connectivity index (χ2n) is 13.4. The molecule has 0 bridgehead atoms. The van der Waals surface area contributed by atoms with Crippen LogP contribution in [0.25, 0.3) is 0 Å². The van der Waals surface area contributed by atoms with Crippen molar-refractivity contribution in [2.24, 2.45) is 0 Å². The normalized spacial score (nSPS) is 12.5. The van der Waals surface area contributed by atoms with Crippen molar-refractivity contribution in [2.75, 3.05) is 19.8 Å². The highest BCUT2D eigenvalue weighted by molar-refractivity contribution is 5.69. The van der Waals surface area contributed by atoms with E-state index in [4.69, 9.17) is 9.47 Å². The Morgan fingerprint density at radius 3 is 1.42 bits per heavy atom. The summed E-state index contributed by atoms with van der Waals surface area (Å²) in [6, 6.07) is 0. The summed E-state index contributed by atoms with van der Waals surface area (Å²) < 4.78 is 11.1. The number of aliphatic hydroxyl groups excluding tert-OH is 1. The van der Waals surface area contributed by atoms with Gasteiger partial charge in [-0.05, 0) is 44.9 Å². The van der Waals surface area contributed by atoms with Gasteiger partial charge in [0.1, 0.15) is 6.10 Å². The van der Waals surface area contributed by atoms with Crippen LogP contribution in [0.1, 0.15) is 206 Å². The number of aliphatic hydroxyl groups is 1. The van der Waals surface area contributed by atoms with Crippen molar-refractivity contribution in [1.82, 2.24) is 0 Å². The lowest BCUT2D eigenvalue weighted by Gasteiger charge is -2.16. The average molecular weight is 635 g/mol. The maximum absolute atomic E-state index is 12.2. The predicted molar refractivity (Wildman–Crippen MR) is 196 cm³/mol. The maximum atomic E-state index is 12.2. The molecule has 0 amide bonds. The van der Waals surface area contributed by atoms with E-state index in [0.717, 1.165) is 25.7 Å². The molecule has 0 saturated heterocycles. The van der Waals surface area contributed by atoms with Gasteiger partial charge >= 0.3 is 5.97 Å². The van der Waals surface area contributed by atoms with Gasteiger partial charge in [0.15, 0.2) is 0 Å². The average Bonchev–Trinajstić information content (AvgIpc) is 3.05. The fourth-order valence-corrected chi connectivity index (χ4v) is 5.77. The predicted octanol–water partition coefficient (Wildman–Crippen LogP) is 12.8. The molecule has 0 spiro atoms. The number of hydrogen-bond acceptors (Lipinski definition) is 4. The summed E-state index contributed by atoms with van der Waals surface area (Å²) in [6.45, 7) is 5.33. The van der Waals surface area contributed by atoms with Crippen LogP contribution in [0.15, 0.2) is 24.3 Å². The third-order valence-corrected chi connectivity index (χ3v) is 8.78. The summed E-state index contributed by atoms with van der Waals surface area (Å²) in [7, 11) is 0. The highest BCUT2D eigenvalue weighted by atomic mass is 16.6. The van der Waals surface area contributed by atoms with Gasteiger partial charge in [0.25, 0.3) is 0 Å². The minimum absolute atomic E-state index is 0.170. The molecule has 4 nitrogen and oxygen atoms in total. The second kappa shape index (κ2) is 39.1. The molecule has 1 unspecified atom stereocenters. The Hall–Kier alpha value is -1.13. The van der Waals surface area contributed by atoms with Crippen LogP contribution < -0.4 is 0 Å². The molecular formula is C41H78O4. The molecule has 266 valence electrons. The minimum atomic E-state index is -0.532. The molecule has 1 N–H and O–H groups in total. The Morgan fingerprint density at radius 1 is 0.533 bits per heavy atom. The van der Waals surface area contributed by atoms with E-state index < -0.39 is 6.10 Å². The molecule has 0 aliphatic carbocycles. The molecule has 0 saturated carbocycles. The van der Waals surface area contributed by atoms with Crippen molar-refractivity contribution in [2.45, 2.75) is 213 Å². The maximum Gasteiger partial charge on any atom is 0.306 e. The van der Waals surface area contributed by atoms with Gasteiger partial charge in [-0.1, -0.05) is 179 Å². The molecule has 0 radical (unpaired) electrons. The quantitative estimate of drug-likeness (QED) is 0.0420. The van der Waals surface area contributed by atoms with Crippen LogP contribution in [-0.4, -0.2) is 37.0 Å². The van der Waals surface area contributed by atoms with E-state index in [2.05, 4.69) is 38.2 Å². The first-order valence-electron chi connectivity index (χ1n) is 19.9. The van der Waals surface area contributed by atoms with Crippen LogP contribution in [0.3, 0.4) is 0 Å². The molecule has 0 aromatic rings. The number of carbonyl (C=O) groups excluding carboxylic acids is 1. The summed E-state index contributed by atoms with van der Waals surface area (Å²) in [5.41, 5.74) is 0. The van der Waals surface area contributed by atoms with Gasteiger partial charge in [-0.25, -0.2) is 0 Å². The van der Waals surface area contributed by atoms with Gasteiger partial charge in [0.05, 0.1) is 13.2 Å². The number of ether oxygens (including phenoxy) is 2. The number of esters is 1. The standard InChI is InChI=1S/C41H78O4/c1-3-5-7-9-11-13-15-17-19-20-21-23-25-27-29-31-33-35-37-44-39-40(38-42)45-41(43)36-34-32-30-28-26-24-22-18-16-14-12-10-8-6-4-2/h11,13,17,19,40,42H,3-10,12,14-16,18,20-39H2,1-2H3/b13-11-,19-17-. The van der Waals surface area contributed by atoms with Gasteiger partial charge in [-0.3, -0.25) is 4.79 Å². The van der Waals surface area contributed by atoms with Crippen LogP contribution in [0.2, 0.25) is 0 Å². The molecule has 0 rings (SSSR count). The number of unbranched alkanes of at least 4 members (excludes halogenated alkanes) is 25. The molecule has 0 aliphatic heterocycles. The molecular weight excluding hydrogens is 556 g/mol. The highest BCUT2D eigenvalue weighted by Gasteiger charge is 2.13. The minimum Gasteiger partial charge on any atom is -0.457 e. The van der Waals surface area contributed by atoms with Crippen LogP contribution in [-0.2, 0) is 14.3 Å². The number of rotatable bonds is 37. The summed E-state index contributed by atoms with van der Waals surface area (Å²) in [5.74, 6) is -0.200. The van der Waals surface area contributed by atoms with E-state index in [-0.39, 0.29) is 12.6 Å². The van der Waals surface area contributed by atoms with Gasteiger partial charge < -0.3 is 14.6 Å². The summed E-state index contributed by atoms with van der Waals surface area (Å²) in [4.78, 5) is 12.2. The Bertz CT molecular complexity index is 629. The van der Waals surface area contributed by atoms with Crippen LogP contribution in [0, 0.1) is 0 Å². The number of hydrogen-bond donors (Lipinski definition) is 1. The molecule has 0 fully saturated rings. The van der Waals surface area contributed by atoms with Gasteiger partial charge in [-0.15, -0.1) is 0 Å². The van der Waals surface area contributed by atoms with E-state index >= 15 is 0 Å². The van der Waals surface area contributed by atoms with E-state index in [0.29, 0.717) is 19.6 Å². The van der Waals surface area contributed by atoms with E-state index in [1.165, 1.54) is 161 Å². The van der Waals surface area contributed by atoms with Crippen LogP contribution >= 0.6 is 0 Å². The Labute approximate surface area is 281 Å². The highest BCUT2D eigenvalue weighted by Crippen LogP contribution is 2.14. The molecule has 0 aromatic heterocycles. The van der Waals surface area contributed by atoms with Gasteiger partial charge in [0, 0.05) is 13.0 Å². The van der Waals surface area contributed by atoms with Gasteiger partial charge in [0.2, 0.25) is 0 Å². The first kappa shape index (κ1) is 43.9. The van der Waals surface area contributed by atoms with Crippen molar-refractivity contribution in [1.29, 1.82) is 0 Å². The topological polar surface area (TPSA) is 55.8 Å². The zero-order chi connectivity index (χ0) is 32.7. The van der Waals surface area contributed by atoms with E-state index in [1.54, 1.807) is 0 Å². The summed E-state index contributed by atoms with van der Waals surface area (Å²) in [6.07, 6.45) is 46.5. The SMILES string of the molecule is CCCCC/C=C\C/C=C\CCCCCCCCCCOCC(CO)OC(=O)CCCCCCCCCCCCCCCCC. The first-order valence-corrected chi connectivity index (χ1v) is 19.9. The molecule has 4 heteroatoms. The van der Waals surface area contributed by atoms with Crippen molar-refractivity contribution in [3.8, 4) is 0 Å². The van der Waals surface area contributed by atoms with Crippen molar-refractivity contribution in [3.63, 3.8) is 0 Å². The van der Waals surface area contributed by atoms with Crippen LogP contribution in [0.5, 0.6) is 0 Å². The van der Waals surface area contributed by atoms with Crippen molar-refractivity contribution >= 4 is 5.97 Å². The Kier molecular flexibility index (Phi) is 38.1. The third kappa shape index (κ3) is 37.2. The first-order chi connectivity index (χ1) is 22.2. The summed E-state index contributed by atoms with van der Waals surface area (Å²) in [5, 5.41) is 9.57. The van der Waals surface area contributed by atoms with Gasteiger partial charge in [-0.2, -0.15) is 0 Å². The zero-order valence-corrected chi connectivity index (χ0v) is 30.4. The fraction of sp³-hybridized carbons (Fsp3) is 0.878. The summed E-state index contributed by atoms with van der Waals surface area (Å²) >= 11 is 0. The monoisotopic (exact) mass is 635 g/mol. The van der Waals surface area contributed by atoms with E-state index in [9.17, 15) is 9.90 Å². The lowest BCUT2D eigenvalue weighted by molar-refractivity contribution is -0.154. The second-order valence-corrected chi connectivity index (χ2v) is 13.4. The fourth-order valence-electron chi connectivity index (χ4n) is 5.77. The Morgan fingerprint density at radius 2 is 0.933 bits per heavy atom. The number of allylic oxidation sites excluding steroid dienone is 4. The molecule has 0 aliphatic rings. The molecule has 0 heterocycles. The van der Waals surface area contributed by atoms with Crippen molar-refractivity contribution in [3.05, 3.63) is 24.3 Å².